The van der Waals surface area contributed by atoms with Crippen LogP contribution in [0.3, 0.4) is 0 Å². The van der Waals surface area contributed by atoms with Crippen molar-refractivity contribution in [3.8, 4) is 5.75 Å². The monoisotopic (exact) mass is 195 g/mol. The van der Waals surface area contributed by atoms with Crippen molar-refractivity contribution in [1.82, 2.24) is 0 Å². The smallest absolute Gasteiger partial charge is 0.323 e. The molecule has 4 nitrogen and oxygen atoms in total. The lowest BCUT2D eigenvalue weighted by atomic mass is 9.94. The maximum atomic E-state index is 10.7. The van der Waals surface area contributed by atoms with Gasteiger partial charge in [-0.1, -0.05) is 12.1 Å². The molecule has 0 heterocycles. The van der Waals surface area contributed by atoms with E-state index >= 15 is 0 Å². The molecular weight excluding hydrogens is 182 g/mol. The summed E-state index contributed by atoms with van der Waals surface area (Å²) < 4.78 is 0. The SMILES string of the molecule is C[C@@](N)(Cc1ccc(O)cc1)C(=O)O. The number of aromatic hydroxyl groups is 1. The molecular formula is C10H13NO3. The molecule has 0 spiro atoms. The molecule has 0 unspecified atom stereocenters. The van der Waals surface area contributed by atoms with E-state index in [0.29, 0.717) is 0 Å². The van der Waals surface area contributed by atoms with E-state index < -0.39 is 11.5 Å². The molecule has 0 aromatic heterocycles. The predicted octanol–water partition coefficient (Wildman–Crippen LogP) is 0.737. The molecule has 1 aromatic rings. The quantitative estimate of drug-likeness (QED) is 0.664. The predicted molar refractivity (Wildman–Crippen MR) is 52.0 cm³/mol. The Balaban J connectivity index is 2.79. The minimum atomic E-state index is -1.27. The molecule has 1 atom stereocenters. The van der Waals surface area contributed by atoms with Gasteiger partial charge >= 0.3 is 5.97 Å². The molecule has 0 bridgehead atoms. The highest BCUT2D eigenvalue weighted by molar-refractivity contribution is 5.78. The summed E-state index contributed by atoms with van der Waals surface area (Å²) >= 11 is 0. The highest BCUT2D eigenvalue weighted by Crippen LogP contribution is 2.14. The molecule has 76 valence electrons. The number of rotatable bonds is 3. The third-order valence-corrected chi connectivity index (χ3v) is 2.00. The van der Waals surface area contributed by atoms with Crippen LogP contribution < -0.4 is 5.73 Å². The Labute approximate surface area is 82.0 Å². The summed E-state index contributed by atoms with van der Waals surface area (Å²) in [6, 6.07) is 6.33. The molecule has 1 aromatic carbocycles. The van der Waals surface area contributed by atoms with Crippen LogP contribution in [0, 0.1) is 0 Å². The van der Waals surface area contributed by atoms with Crippen LogP contribution in [0.25, 0.3) is 0 Å². The third-order valence-electron chi connectivity index (χ3n) is 2.00. The second-order valence-electron chi connectivity index (χ2n) is 3.57. The van der Waals surface area contributed by atoms with E-state index in [4.69, 9.17) is 15.9 Å². The third kappa shape index (κ3) is 2.47. The molecule has 0 radical (unpaired) electrons. The van der Waals surface area contributed by atoms with Crippen LogP contribution in [-0.2, 0) is 11.2 Å². The topological polar surface area (TPSA) is 83.5 Å². The molecule has 0 aliphatic heterocycles. The average Bonchev–Trinajstić information content (AvgIpc) is 2.08. The van der Waals surface area contributed by atoms with Gasteiger partial charge in [0.2, 0.25) is 0 Å². The number of aliphatic carboxylic acids is 1. The average molecular weight is 195 g/mol. The molecule has 4 N–H and O–H groups in total. The summed E-state index contributed by atoms with van der Waals surface area (Å²) in [6.07, 6.45) is 0.239. The van der Waals surface area contributed by atoms with E-state index in [-0.39, 0.29) is 12.2 Å². The molecule has 0 fully saturated rings. The fraction of sp³-hybridized carbons (Fsp3) is 0.300. The molecule has 0 aliphatic carbocycles. The first-order valence-corrected chi connectivity index (χ1v) is 4.22. The van der Waals surface area contributed by atoms with Crippen LogP contribution >= 0.6 is 0 Å². The highest BCUT2D eigenvalue weighted by atomic mass is 16.4. The van der Waals surface area contributed by atoms with Crippen molar-refractivity contribution in [3.05, 3.63) is 29.8 Å². The number of carboxylic acids is 1. The van der Waals surface area contributed by atoms with Gasteiger partial charge in [0.05, 0.1) is 0 Å². The molecule has 0 aliphatic rings. The maximum absolute atomic E-state index is 10.7. The van der Waals surface area contributed by atoms with Crippen molar-refractivity contribution in [1.29, 1.82) is 0 Å². The first-order valence-electron chi connectivity index (χ1n) is 4.22. The van der Waals surface area contributed by atoms with Crippen LogP contribution in [0.2, 0.25) is 0 Å². The summed E-state index contributed by atoms with van der Waals surface area (Å²) in [7, 11) is 0. The van der Waals surface area contributed by atoms with Crippen molar-refractivity contribution in [3.63, 3.8) is 0 Å². The van der Waals surface area contributed by atoms with Gasteiger partial charge in [-0.3, -0.25) is 4.79 Å². The first kappa shape index (κ1) is 10.5. The minimum absolute atomic E-state index is 0.155. The van der Waals surface area contributed by atoms with Gasteiger partial charge < -0.3 is 15.9 Å². The highest BCUT2D eigenvalue weighted by Gasteiger charge is 2.27. The zero-order valence-electron chi connectivity index (χ0n) is 7.90. The Morgan fingerprint density at radius 2 is 1.93 bits per heavy atom. The molecule has 1 rings (SSSR count). The number of hydrogen-bond donors (Lipinski definition) is 3. The van der Waals surface area contributed by atoms with Gasteiger partial charge in [0, 0.05) is 6.42 Å². The lowest BCUT2D eigenvalue weighted by Gasteiger charge is -2.18. The summed E-state index contributed by atoms with van der Waals surface area (Å²) in [4.78, 5) is 10.7. The molecule has 0 saturated carbocycles. The first-order chi connectivity index (χ1) is 6.42. The van der Waals surface area contributed by atoms with Crippen molar-refractivity contribution in [2.75, 3.05) is 0 Å². The molecule has 0 amide bonds. The molecule has 14 heavy (non-hydrogen) atoms. The van der Waals surface area contributed by atoms with Gasteiger partial charge in [0.1, 0.15) is 11.3 Å². The van der Waals surface area contributed by atoms with Crippen LogP contribution in [0.4, 0.5) is 0 Å². The molecule has 4 heteroatoms. The maximum Gasteiger partial charge on any atom is 0.323 e. The normalized spacial score (nSPS) is 14.7. The number of hydrogen-bond acceptors (Lipinski definition) is 3. The number of carboxylic acid groups (broad SMARTS) is 1. The van der Waals surface area contributed by atoms with Crippen molar-refractivity contribution in [2.24, 2.45) is 5.73 Å². The Morgan fingerprint density at radius 1 is 1.43 bits per heavy atom. The van der Waals surface area contributed by atoms with Crippen molar-refractivity contribution in [2.45, 2.75) is 18.9 Å². The fourth-order valence-corrected chi connectivity index (χ4v) is 1.11. The second-order valence-corrected chi connectivity index (χ2v) is 3.57. The van der Waals surface area contributed by atoms with Gasteiger partial charge in [-0.05, 0) is 24.6 Å². The summed E-state index contributed by atoms with van der Waals surface area (Å²) in [6.45, 7) is 1.46. The van der Waals surface area contributed by atoms with Crippen LogP contribution in [0.1, 0.15) is 12.5 Å². The van der Waals surface area contributed by atoms with E-state index in [2.05, 4.69) is 0 Å². The Kier molecular flexibility index (Phi) is 2.76. The van der Waals surface area contributed by atoms with E-state index in [0.717, 1.165) is 5.56 Å². The van der Waals surface area contributed by atoms with E-state index in [1.54, 1.807) is 12.1 Å². The fourth-order valence-electron chi connectivity index (χ4n) is 1.11. The van der Waals surface area contributed by atoms with Crippen LogP contribution in [0.15, 0.2) is 24.3 Å². The van der Waals surface area contributed by atoms with E-state index in [9.17, 15) is 4.79 Å². The van der Waals surface area contributed by atoms with Crippen molar-refractivity contribution >= 4 is 5.97 Å². The Morgan fingerprint density at radius 3 is 2.36 bits per heavy atom. The lowest BCUT2D eigenvalue weighted by molar-refractivity contribution is -0.142. The van der Waals surface area contributed by atoms with E-state index in [1.165, 1.54) is 19.1 Å². The minimum Gasteiger partial charge on any atom is -0.508 e. The number of carbonyl (C=O) groups is 1. The van der Waals surface area contributed by atoms with Gasteiger partial charge in [0.15, 0.2) is 0 Å². The van der Waals surface area contributed by atoms with Gasteiger partial charge in [-0.15, -0.1) is 0 Å². The van der Waals surface area contributed by atoms with Crippen LogP contribution in [-0.4, -0.2) is 21.7 Å². The number of phenolic OH excluding ortho intramolecular Hbond substituents is 1. The number of nitrogens with two attached hydrogens (primary N) is 1. The zero-order chi connectivity index (χ0) is 10.8. The zero-order valence-corrected chi connectivity index (χ0v) is 7.90. The lowest BCUT2D eigenvalue weighted by Crippen LogP contribution is -2.46. The van der Waals surface area contributed by atoms with Gasteiger partial charge in [0.25, 0.3) is 0 Å². The summed E-state index contributed by atoms with van der Waals surface area (Å²) in [5.41, 5.74) is 5.09. The second kappa shape index (κ2) is 3.67. The standard InChI is InChI=1S/C10H13NO3/c1-10(11,9(13)14)6-7-2-4-8(12)5-3-7/h2-5,12H,6,11H2,1H3,(H,13,14)/t10-/m1/s1. The Hall–Kier alpha value is -1.55. The number of phenols is 1. The van der Waals surface area contributed by atoms with Crippen LogP contribution in [0.5, 0.6) is 5.75 Å². The number of benzene rings is 1. The summed E-state index contributed by atoms with van der Waals surface area (Å²) in [5, 5.41) is 17.8. The van der Waals surface area contributed by atoms with Gasteiger partial charge in [-0.2, -0.15) is 0 Å². The van der Waals surface area contributed by atoms with E-state index in [1.807, 2.05) is 0 Å². The Bertz CT molecular complexity index is 330. The summed E-state index contributed by atoms with van der Waals surface area (Å²) in [5.74, 6) is -0.881. The molecule has 0 saturated heterocycles. The largest absolute Gasteiger partial charge is 0.508 e. The van der Waals surface area contributed by atoms with Gasteiger partial charge in [-0.25, -0.2) is 0 Å². The van der Waals surface area contributed by atoms with Crippen molar-refractivity contribution < 1.29 is 15.0 Å².